The Morgan fingerprint density at radius 3 is 2.88 bits per heavy atom. The van der Waals surface area contributed by atoms with Crippen LogP contribution in [0.1, 0.15) is 35.5 Å². The fourth-order valence-corrected chi connectivity index (χ4v) is 1.65. The summed E-state index contributed by atoms with van der Waals surface area (Å²) in [4.78, 5) is 14.8. The molecule has 90 valence electrons. The molecule has 1 heterocycles. The van der Waals surface area contributed by atoms with Crippen molar-refractivity contribution in [2.24, 2.45) is 0 Å². The quantitative estimate of drug-likeness (QED) is 0.570. The molecule has 2 N–H and O–H groups in total. The summed E-state index contributed by atoms with van der Waals surface area (Å²) in [7, 11) is 0. The van der Waals surface area contributed by atoms with E-state index in [-0.39, 0.29) is 5.97 Å². The van der Waals surface area contributed by atoms with Crippen LogP contribution in [0.5, 0.6) is 0 Å². The lowest BCUT2D eigenvalue weighted by molar-refractivity contribution is 0.0524. The van der Waals surface area contributed by atoms with E-state index >= 15 is 0 Å². The number of nitrogens with one attached hydrogen (secondary N) is 2. The molecule has 1 aromatic heterocycles. The van der Waals surface area contributed by atoms with Gasteiger partial charge in [-0.05, 0) is 26.0 Å². The minimum Gasteiger partial charge on any atom is -0.462 e. The third kappa shape index (κ3) is 3.10. The van der Waals surface area contributed by atoms with Crippen LogP contribution in [0.25, 0.3) is 0 Å². The molecular formula is C12H20N2O2. The van der Waals surface area contributed by atoms with Gasteiger partial charge >= 0.3 is 5.97 Å². The normalized spacial score (nSPS) is 10.4. The van der Waals surface area contributed by atoms with Crippen LogP contribution in [0.2, 0.25) is 0 Å². The zero-order chi connectivity index (χ0) is 12.0. The first-order valence-corrected chi connectivity index (χ1v) is 5.75. The number of aromatic amines is 1. The van der Waals surface area contributed by atoms with Gasteiger partial charge in [0, 0.05) is 24.9 Å². The van der Waals surface area contributed by atoms with Crippen molar-refractivity contribution in [1.82, 2.24) is 10.3 Å². The van der Waals surface area contributed by atoms with Gasteiger partial charge in [0.2, 0.25) is 0 Å². The Balaban J connectivity index is 2.73. The number of esters is 1. The Morgan fingerprint density at radius 2 is 2.25 bits per heavy atom. The van der Waals surface area contributed by atoms with Gasteiger partial charge in [0.05, 0.1) is 12.2 Å². The Morgan fingerprint density at radius 1 is 1.50 bits per heavy atom. The molecule has 0 atom stereocenters. The maximum absolute atomic E-state index is 11.7. The monoisotopic (exact) mass is 224 g/mol. The summed E-state index contributed by atoms with van der Waals surface area (Å²) in [6, 6.07) is 0. The smallest absolute Gasteiger partial charge is 0.340 e. The van der Waals surface area contributed by atoms with Crippen molar-refractivity contribution in [2.75, 3.05) is 19.7 Å². The van der Waals surface area contributed by atoms with E-state index in [1.54, 1.807) is 0 Å². The first-order valence-electron chi connectivity index (χ1n) is 5.75. The van der Waals surface area contributed by atoms with E-state index in [9.17, 15) is 4.79 Å². The number of aryl methyl sites for hydroxylation is 1. The van der Waals surface area contributed by atoms with Gasteiger partial charge in [-0.1, -0.05) is 6.92 Å². The van der Waals surface area contributed by atoms with E-state index in [2.05, 4.69) is 17.2 Å². The lowest BCUT2D eigenvalue weighted by Gasteiger charge is -2.05. The number of likely N-dealkylation sites (N-methyl/N-ethyl adjacent to an activating group) is 1. The highest BCUT2D eigenvalue weighted by atomic mass is 16.5. The Kier molecular flexibility index (Phi) is 5.05. The third-order valence-corrected chi connectivity index (χ3v) is 2.44. The second-order valence-electron chi connectivity index (χ2n) is 3.65. The number of hydrogen-bond donors (Lipinski definition) is 2. The average Bonchev–Trinajstić information content (AvgIpc) is 2.61. The molecule has 0 aliphatic heterocycles. The highest BCUT2D eigenvalue weighted by Crippen LogP contribution is 2.15. The summed E-state index contributed by atoms with van der Waals surface area (Å²) < 4.78 is 5.03. The molecule has 0 amide bonds. The summed E-state index contributed by atoms with van der Waals surface area (Å²) in [5.41, 5.74) is 2.60. The fourth-order valence-electron chi connectivity index (χ4n) is 1.65. The third-order valence-electron chi connectivity index (χ3n) is 2.44. The van der Waals surface area contributed by atoms with Gasteiger partial charge in [0.15, 0.2) is 0 Å². The van der Waals surface area contributed by atoms with E-state index < -0.39 is 0 Å². The number of aromatic nitrogens is 1. The van der Waals surface area contributed by atoms with E-state index in [4.69, 9.17) is 4.74 Å². The van der Waals surface area contributed by atoms with E-state index in [0.717, 1.165) is 30.8 Å². The fraction of sp³-hybridized carbons (Fsp3) is 0.583. The number of rotatable bonds is 6. The van der Waals surface area contributed by atoms with Crippen LogP contribution in [0.15, 0.2) is 6.20 Å². The van der Waals surface area contributed by atoms with Crippen molar-refractivity contribution in [2.45, 2.75) is 27.2 Å². The van der Waals surface area contributed by atoms with Crippen LogP contribution in [0.4, 0.5) is 0 Å². The molecule has 4 nitrogen and oxygen atoms in total. The van der Waals surface area contributed by atoms with Gasteiger partial charge in [-0.25, -0.2) is 4.79 Å². The molecular weight excluding hydrogens is 204 g/mol. The molecule has 16 heavy (non-hydrogen) atoms. The minimum absolute atomic E-state index is 0.229. The van der Waals surface area contributed by atoms with Gasteiger partial charge in [-0.15, -0.1) is 0 Å². The van der Waals surface area contributed by atoms with Crippen LogP contribution in [0, 0.1) is 6.92 Å². The number of hydrogen-bond acceptors (Lipinski definition) is 3. The second kappa shape index (κ2) is 6.33. The maximum atomic E-state index is 11.7. The first kappa shape index (κ1) is 12.8. The van der Waals surface area contributed by atoms with Gasteiger partial charge in [0.1, 0.15) is 0 Å². The van der Waals surface area contributed by atoms with Gasteiger partial charge in [-0.2, -0.15) is 0 Å². The summed E-state index contributed by atoms with van der Waals surface area (Å²) in [6.07, 6.45) is 2.67. The average molecular weight is 224 g/mol. The lowest BCUT2D eigenvalue weighted by atomic mass is 10.1. The maximum Gasteiger partial charge on any atom is 0.340 e. The zero-order valence-electron chi connectivity index (χ0n) is 10.2. The van der Waals surface area contributed by atoms with E-state index in [1.807, 2.05) is 20.0 Å². The van der Waals surface area contributed by atoms with Crippen molar-refractivity contribution in [3.8, 4) is 0 Å². The molecule has 1 aromatic rings. The summed E-state index contributed by atoms with van der Waals surface area (Å²) in [6.45, 7) is 8.01. The molecule has 0 saturated heterocycles. The topological polar surface area (TPSA) is 54.1 Å². The van der Waals surface area contributed by atoms with Crippen LogP contribution in [-0.4, -0.2) is 30.6 Å². The van der Waals surface area contributed by atoms with Crippen LogP contribution in [-0.2, 0) is 11.2 Å². The number of carbonyl (C=O) groups is 1. The predicted molar refractivity (Wildman–Crippen MR) is 63.7 cm³/mol. The molecule has 0 aliphatic carbocycles. The highest BCUT2D eigenvalue weighted by Gasteiger charge is 2.16. The molecule has 4 heteroatoms. The van der Waals surface area contributed by atoms with E-state index in [1.165, 1.54) is 0 Å². The van der Waals surface area contributed by atoms with Gasteiger partial charge in [-0.3, -0.25) is 0 Å². The summed E-state index contributed by atoms with van der Waals surface area (Å²) in [5, 5.41) is 3.23. The second-order valence-corrected chi connectivity index (χ2v) is 3.65. The molecule has 0 radical (unpaired) electrons. The molecule has 0 aromatic carbocycles. The zero-order valence-corrected chi connectivity index (χ0v) is 10.2. The largest absolute Gasteiger partial charge is 0.462 e. The van der Waals surface area contributed by atoms with Crippen LogP contribution >= 0.6 is 0 Å². The van der Waals surface area contributed by atoms with Gasteiger partial charge in [0.25, 0.3) is 0 Å². The molecule has 1 rings (SSSR count). The molecule has 0 saturated carbocycles. The van der Waals surface area contributed by atoms with Crippen LogP contribution < -0.4 is 5.32 Å². The summed E-state index contributed by atoms with van der Waals surface area (Å²) >= 11 is 0. The highest BCUT2D eigenvalue weighted by molar-refractivity contribution is 5.92. The molecule has 0 unspecified atom stereocenters. The summed E-state index contributed by atoms with van der Waals surface area (Å²) in [5.74, 6) is -0.229. The number of ether oxygens (including phenoxy) is 1. The van der Waals surface area contributed by atoms with Gasteiger partial charge < -0.3 is 15.0 Å². The van der Waals surface area contributed by atoms with E-state index in [0.29, 0.717) is 12.2 Å². The molecule has 0 bridgehead atoms. The lowest BCUT2D eigenvalue weighted by Crippen LogP contribution is -2.18. The van der Waals surface area contributed by atoms with Crippen LogP contribution in [0.3, 0.4) is 0 Å². The van der Waals surface area contributed by atoms with Crippen molar-refractivity contribution < 1.29 is 9.53 Å². The van der Waals surface area contributed by atoms with Crippen molar-refractivity contribution in [3.63, 3.8) is 0 Å². The van der Waals surface area contributed by atoms with Crippen molar-refractivity contribution in [3.05, 3.63) is 23.0 Å². The molecule has 0 aliphatic rings. The number of H-pyrrole nitrogens is 1. The SMILES string of the molecule is CCNCCc1[nH]cc(C)c1C(=O)OCC. The Hall–Kier alpha value is -1.29. The number of carbonyl (C=O) groups excluding carboxylic acids is 1. The Bertz CT molecular complexity index is 345. The van der Waals surface area contributed by atoms with Crippen molar-refractivity contribution in [1.29, 1.82) is 0 Å². The standard InChI is InChI=1S/C12H20N2O2/c1-4-13-7-6-10-11(9(3)8-14-10)12(15)16-5-2/h8,13-14H,4-7H2,1-3H3. The minimum atomic E-state index is -0.229. The first-order chi connectivity index (χ1) is 7.70. The molecule has 0 fully saturated rings. The Labute approximate surface area is 96.4 Å². The molecule has 0 spiro atoms. The van der Waals surface area contributed by atoms with Crippen molar-refractivity contribution >= 4 is 5.97 Å². The predicted octanol–water partition coefficient (Wildman–Crippen LogP) is 1.65.